The Balaban J connectivity index is 1.27. The van der Waals surface area contributed by atoms with Crippen molar-refractivity contribution in [2.75, 3.05) is 14.2 Å². The number of hydrogen-bond donors (Lipinski definition) is 1. The van der Waals surface area contributed by atoms with Crippen LogP contribution in [0.4, 0.5) is 0 Å². The molecular weight excluding hydrogens is 474 g/mol. The Morgan fingerprint density at radius 2 is 1.62 bits per heavy atom. The van der Waals surface area contributed by atoms with Gasteiger partial charge in [0, 0.05) is 39.2 Å². The van der Waals surface area contributed by atoms with E-state index in [1.165, 1.54) is 9.13 Å². The second kappa shape index (κ2) is 13.7. The number of ether oxygens (including phenoxy) is 2. The number of carbonyl (C=O) groups is 1. The van der Waals surface area contributed by atoms with Crippen molar-refractivity contribution in [3.8, 4) is 11.5 Å². The summed E-state index contributed by atoms with van der Waals surface area (Å²) < 4.78 is 15.1. The monoisotopic (exact) mass is 513 g/mol. The third kappa shape index (κ3) is 7.02. The summed E-state index contributed by atoms with van der Waals surface area (Å²) in [6.07, 6.45) is 10.1. The maximum atomic E-state index is 12.7. The van der Waals surface area contributed by atoms with E-state index in [1.54, 1.807) is 39.2 Å². The maximum Gasteiger partial charge on any atom is 0.332 e. The van der Waals surface area contributed by atoms with Crippen LogP contribution in [0.5, 0.6) is 11.5 Å². The summed E-state index contributed by atoms with van der Waals surface area (Å²) in [5, 5.41) is 2.96. The van der Waals surface area contributed by atoms with Gasteiger partial charge in [-0.05, 0) is 18.9 Å². The predicted molar refractivity (Wildman–Crippen MR) is 143 cm³/mol. The summed E-state index contributed by atoms with van der Waals surface area (Å²) >= 11 is 0. The van der Waals surface area contributed by atoms with Crippen molar-refractivity contribution in [2.24, 2.45) is 14.1 Å². The smallest absolute Gasteiger partial charge is 0.332 e. The van der Waals surface area contributed by atoms with Gasteiger partial charge in [0.05, 0.1) is 20.5 Å². The summed E-state index contributed by atoms with van der Waals surface area (Å²) in [6.45, 7) is 0.830. The van der Waals surface area contributed by atoms with Crippen LogP contribution in [0.1, 0.15) is 63.4 Å². The quantitative estimate of drug-likeness (QED) is 0.313. The molecule has 0 saturated heterocycles. The molecule has 3 rings (SSSR count). The van der Waals surface area contributed by atoms with Crippen molar-refractivity contribution < 1.29 is 14.3 Å². The van der Waals surface area contributed by atoms with Crippen LogP contribution < -0.4 is 26.0 Å². The first-order valence-electron chi connectivity index (χ1n) is 13.0. The van der Waals surface area contributed by atoms with Gasteiger partial charge in [-0.15, -0.1) is 0 Å². The molecule has 202 valence electrons. The van der Waals surface area contributed by atoms with Crippen LogP contribution in [0.25, 0.3) is 11.2 Å². The second-order valence-corrected chi connectivity index (χ2v) is 9.33. The highest BCUT2D eigenvalue weighted by Crippen LogP contribution is 2.30. The minimum absolute atomic E-state index is 0.0376. The van der Waals surface area contributed by atoms with Gasteiger partial charge < -0.3 is 19.4 Å². The highest BCUT2D eigenvalue weighted by Gasteiger charge is 2.14. The fraction of sp³-hybridized carbons (Fsp3) is 0.556. The molecule has 2 aromatic heterocycles. The van der Waals surface area contributed by atoms with Gasteiger partial charge in [-0.25, -0.2) is 9.78 Å². The lowest BCUT2D eigenvalue weighted by molar-refractivity contribution is -0.121. The van der Waals surface area contributed by atoms with Gasteiger partial charge in [-0.3, -0.25) is 18.7 Å². The number of amides is 1. The Morgan fingerprint density at radius 3 is 2.30 bits per heavy atom. The Hall–Kier alpha value is -3.56. The number of fused-ring (bicyclic) bond motifs is 1. The molecular formula is C27H39N5O5. The molecule has 0 radical (unpaired) electrons. The summed E-state index contributed by atoms with van der Waals surface area (Å²) in [6, 6.07) is 5.63. The minimum atomic E-state index is -0.317. The van der Waals surface area contributed by atoms with E-state index in [2.05, 4.69) is 10.3 Å². The average Bonchev–Trinajstić information content (AvgIpc) is 3.30. The van der Waals surface area contributed by atoms with E-state index >= 15 is 0 Å². The number of methoxy groups -OCH3 is 2. The third-order valence-electron chi connectivity index (χ3n) is 6.70. The number of aryl methyl sites for hydroxylation is 2. The molecule has 10 nitrogen and oxygen atoms in total. The molecule has 1 aromatic carbocycles. The first-order chi connectivity index (χ1) is 17.9. The summed E-state index contributed by atoms with van der Waals surface area (Å²) in [5.74, 6) is 1.34. The molecule has 1 amide bonds. The lowest BCUT2D eigenvalue weighted by atomic mass is 10.1. The second-order valence-electron chi connectivity index (χ2n) is 9.33. The molecule has 37 heavy (non-hydrogen) atoms. The lowest BCUT2D eigenvalue weighted by Gasteiger charge is -2.13. The van der Waals surface area contributed by atoms with Crippen LogP contribution in [0.15, 0.2) is 34.1 Å². The number of carbonyl (C=O) groups excluding carboxylic acids is 1. The standard InChI is InChI=1S/C27H39N5O5/c1-30-19-29-25-23(30)26(34)32(27(35)31(25)2)17-12-10-8-6-5-7-9-11-16-22(33)28-18-20-14-13-15-21(36-3)24(20)37-4/h13-15,19H,5-12,16-18H2,1-4H3,(H,28,33). The summed E-state index contributed by atoms with van der Waals surface area (Å²) in [7, 11) is 6.60. The molecule has 0 aliphatic carbocycles. The van der Waals surface area contributed by atoms with Crippen LogP contribution in [-0.2, 0) is 32.0 Å². The van der Waals surface area contributed by atoms with E-state index in [9.17, 15) is 14.4 Å². The highest BCUT2D eigenvalue weighted by molar-refractivity contribution is 5.76. The molecule has 0 unspecified atom stereocenters. The average molecular weight is 514 g/mol. The van der Waals surface area contributed by atoms with E-state index in [-0.39, 0.29) is 17.2 Å². The fourth-order valence-electron chi connectivity index (χ4n) is 4.58. The zero-order chi connectivity index (χ0) is 26.8. The van der Waals surface area contributed by atoms with Crippen molar-refractivity contribution in [3.05, 3.63) is 50.9 Å². The van der Waals surface area contributed by atoms with Gasteiger partial charge in [0.2, 0.25) is 5.91 Å². The van der Waals surface area contributed by atoms with Gasteiger partial charge >= 0.3 is 5.69 Å². The molecule has 0 fully saturated rings. The van der Waals surface area contributed by atoms with Crippen LogP contribution in [0.2, 0.25) is 0 Å². The minimum Gasteiger partial charge on any atom is -0.493 e. The van der Waals surface area contributed by atoms with E-state index in [4.69, 9.17) is 9.47 Å². The Morgan fingerprint density at radius 1 is 0.946 bits per heavy atom. The topological polar surface area (TPSA) is 109 Å². The molecule has 0 atom stereocenters. The predicted octanol–water partition coefficient (Wildman–Crippen LogP) is 3.28. The zero-order valence-corrected chi connectivity index (χ0v) is 22.4. The van der Waals surface area contributed by atoms with Crippen molar-refractivity contribution in [2.45, 2.75) is 70.9 Å². The first-order valence-corrected chi connectivity index (χ1v) is 13.0. The number of nitrogens with one attached hydrogen (secondary N) is 1. The molecule has 0 aliphatic rings. The fourth-order valence-corrected chi connectivity index (χ4v) is 4.58. The van der Waals surface area contributed by atoms with E-state index < -0.39 is 0 Å². The zero-order valence-electron chi connectivity index (χ0n) is 22.4. The first kappa shape index (κ1) is 28.0. The van der Waals surface area contributed by atoms with Gasteiger partial charge in [0.15, 0.2) is 22.7 Å². The van der Waals surface area contributed by atoms with Crippen molar-refractivity contribution in [1.29, 1.82) is 0 Å². The van der Waals surface area contributed by atoms with E-state index in [0.717, 1.165) is 56.9 Å². The molecule has 3 aromatic rings. The number of benzene rings is 1. The van der Waals surface area contributed by atoms with Crippen molar-refractivity contribution >= 4 is 17.1 Å². The van der Waals surface area contributed by atoms with Crippen LogP contribution in [0.3, 0.4) is 0 Å². The van der Waals surface area contributed by atoms with Gasteiger partial charge in [0.1, 0.15) is 0 Å². The number of imidazole rings is 1. The Bertz CT molecular complexity index is 1310. The van der Waals surface area contributed by atoms with E-state index in [0.29, 0.717) is 42.2 Å². The highest BCUT2D eigenvalue weighted by atomic mass is 16.5. The SMILES string of the molecule is COc1cccc(CNC(=O)CCCCCCCCCCn2c(=O)c3c(ncn3C)n(C)c2=O)c1OC. The third-order valence-corrected chi connectivity index (χ3v) is 6.70. The largest absolute Gasteiger partial charge is 0.493 e. The number of unbranched alkanes of at least 4 members (excludes halogenated alkanes) is 7. The molecule has 0 bridgehead atoms. The Kier molecular flexibility index (Phi) is 10.3. The normalized spacial score (nSPS) is 11.1. The number of nitrogens with zero attached hydrogens (tertiary/aromatic N) is 4. The van der Waals surface area contributed by atoms with Gasteiger partial charge in [-0.2, -0.15) is 0 Å². The molecule has 10 heteroatoms. The maximum absolute atomic E-state index is 12.7. The van der Waals surface area contributed by atoms with Crippen LogP contribution >= 0.6 is 0 Å². The van der Waals surface area contributed by atoms with E-state index in [1.807, 2.05) is 18.2 Å². The number of rotatable bonds is 15. The number of para-hydroxylation sites is 1. The molecule has 1 N–H and O–H groups in total. The lowest BCUT2D eigenvalue weighted by Crippen LogP contribution is -2.39. The van der Waals surface area contributed by atoms with Crippen LogP contribution in [-0.4, -0.2) is 38.8 Å². The number of aromatic nitrogens is 4. The van der Waals surface area contributed by atoms with Crippen molar-refractivity contribution in [1.82, 2.24) is 24.0 Å². The van der Waals surface area contributed by atoms with Crippen molar-refractivity contribution in [3.63, 3.8) is 0 Å². The summed E-state index contributed by atoms with van der Waals surface area (Å²) in [4.78, 5) is 41.6. The molecule has 0 spiro atoms. The Labute approximate surface area is 217 Å². The van der Waals surface area contributed by atoms with Crippen LogP contribution in [0, 0.1) is 0 Å². The van der Waals surface area contributed by atoms with Gasteiger partial charge in [0.25, 0.3) is 5.56 Å². The molecule has 2 heterocycles. The number of hydrogen-bond acceptors (Lipinski definition) is 6. The molecule has 0 aliphatic heterocycles. The van der Waals surface area contributed by atoms with Gasteiger partial charge in [-0.1, -0.05) is 50.7 Å². The summed E-state index contributed by atoms with van der Waals surface area (Å²) in [5.41, 5.74) is 1.17. The molecule has 0 saturated carbocycles.